The van der Waals surface area contributed by atoms with E-state index in [-0.39, 0.29) is 22.8 Å². The standard InChI is InChI=1S/C31H28N4O4S/c1-3-29(31(37)33-22-14-17-28-26(19-22)25-10-5-6-11-27(25)34(28)4-2)40-24-9-7-8-21(18-24)32-30(36)20-12-15-23(16-13-20)35(38)39/h5-19,29H,3-4H2,1-2H3,(H,32,36)(H,33,37). The van der Waals surface area contributed by atoms with Crippen molar-refractivity contribution < 1.29 is 14.5 Å². The zero-order chi connectivity index (χ0) is 28.2. The van der Waals surface area contributed by atoms with Gasteiger partial charge in [0.1, 0.15) is 0 Å². The van der Waals surface area contributed by atoms with Gasteiger partial charge in [0.15, 0.2) is 0 Å². The Morgan fingerprint density at radius 1 is 0.850 bits per heavy atom. The van der Waals surface area contributed by atoms with E-state index in [1.165, 1.54) is 41.5 Å². The minimum absolute atomic E-state index is 0.0773. The number of nitrogens with zero attached hydrogens (tertiary/aromatic N) is 2. The van der Waals surface area contributed by atoms with Gasteiger partial charge in [0, 0.05) is 62.3 Å². The van der Waals surface area contributed by atoms with E-state index in [2.05, 4.69) is 40.3 Å². The number of nitrogens with one attached hydrogen (secondary N) is 2. The SMILES string of the molecule is CCC(Sc1cccc(NC(=O)c2ccc([N+](=O)[O-])cc2)c1)C(=O)Nc1ccc2c(c1)c1ccccc1n2CC. The molecule has 0 spiro atoms. The average molecular weight is 553 g/mol. The van der Waals surface area contributed by atoms with Crippen LogP contribution in [0.3, 0.4) is 0 Å². The van der Waals surface area contributed by atoms with Gasteiger partial charge >= 0.3 is 0 Å². The Bertz CT molecular complexity index is 1730. The van der Waals surface area contributed by atoms with Crippen LogP contribution in [0.15, 0.2) is 95.9 Å². The highest BCUT2D eigenvalue weighted by molar-refractivity contribution is 8.00. The second-order valence-corrected chi connectivity index (χ2v) is 10.6. The number of hydrogen-bond acceptors (Lipinski definition) is 5. The monoisotopic (exact) mass is 552 g/mol. The minimum atomic E-state index is -0.508. The van der Waals surface area contributed by atoms with Crippen LogP contribution in [0.4, 0.5) is 17.1 Å². The summed E-state index contributed by atoms with van der Waals surface area (Å²) in [7, 11) is 0. The topological polar surface area (TPSA) is 106 Å². The number of nitro benzene ring substituents is 1. The van der Waals surface area contributed by atoms with E-state index in [0.717, 1.165) is 33.4 Å². The van der Waals surface area contributed by atoms with Crippen LogP contribution in [0, 0.1) is 10.1 Å². The van der Waals surface area contributed by atoms with E-state index in [1.54, 1.807) is 6.07 Å². The first-order chi connectivity index (χ1) is 19.4. The molecule has 1 atom stereocenters. The van der Waals surface area contributed by atoms with Crippen LogP contribution in [0.2, 0.25) is 0 Å². The van der Waals surface area contributed by atoms with Crippen LogP contribution >= 0.6 is 11.8 Å². The number of fused-ring (bicyclic) bond motifs is 3. The number of rotatable bonds is 9. The molecule has 0 fully saturated rings. The van der Waals surface area contributed by atoms with Crippen molar-refractivity contribution in [2.45, 2.75) is 37.0 Å². The van der Waals surface area contributed by atoms with E-state index in [1.807, 2.05) is 49.4 Å². The fraction of sp³-hybridized carbons (Fsp3) is 0.161. The average Bonchev–Trinajstić information content (AvgIpc) is 3.29. The lowest BCUT2D eigenvalue weighted by Gasteiger charge is -2.16. The molecule has 8 nitrogen and oxygen atoms in total. The predicted octanol–water partition coefficient (Wildman–Crippen LogP) is 7.48. The number of anilines is 2. The molecule has 2 N–H and O–H groups in total. The van der Waals surface area contributed by atoms with Gasteiger partial charge in [-0.3, -0.25) is 19.7 Å². The quantitative estimate of drug-likeness (QED) is 0.112. The number of amides is 2. The summed E-state index contributed by atoms with van der Waals surface area (Å²) in [6.07, 6.45) is 0.618. The van der Waals surface area contributed by atoms with Crippen LogP contribution in [0.5, 0.6) is 0 Å². The third kappa shape index (κ3) is 5.55. The largest absolute Gasteiger partial charge is 0.341 e. The van der Waals surface area contributed by atoms with E-state index >= 15 is 0 Å². The number of carbonyl (C=O) groups excluding carboxylic acids is 2. The summed E-state index contributed by atoms with van der Waals surface area (Å²) < 4.78 is 2.27. The van der Waals surface area contributed by atoms with Gasteiger partial charge in [-0.2, -0.15) is 0 Å². The summed E-state index contributed by atoms with van der Waals surface area (Å²) in [5.74, 6) is -0.465. The molecular formula is C31H28N4O4S. The molecule has 0 aliphatic carbocycles. The number of benzene rings is 4. The van der Waals surface area contributed by atoms with E-state index in [4.69, 9.17) is 0 Å². The van der Waals surface area contributed by atoms with Crippen molar-refractivity contribution in [3.05, 3.63) is 107 Å². The molecule has 1 heterocycles. The number of aryl methyl sites for hydroxylation is 1. The molecule has 0 saturated carbocycles. The van der Waals surface area contributed by atoms with Gasteiger partial charge in [-0.05, 0) is 67.9 Å². The number of hydrogen-bond donors (Lipinski definition) is 2. The molecule has 0 aliphatic rings. The Balaban J connectivity index is 1.28. The number of aromatic nitrogens is 1. The summed E-state index contributed by atoms with van der Waals surface area (Å²) in [5, 5.41) is 18.7. The van der Waals surface area contributed by atoms with Crippen molar-refractivity contribution in [1.82, 2.24) is 4.57 Å². The second-order valence-electron chi connectivity index (χ2n) is 9.28. The third-order valence-electron chi connectivity index (χ3n) is 6.73. The van der Waals surface area contributed by atoms with Crippen LogP contribution in [-0.2, 0) is 11.3 Å². The van der Waals surface area contributed by atoms with Gasteiger partial charge < -0.3 is 15.2 Å². The molecule has 1 unspecified atom stereocenters. The molecule has 0 bridgehead atoms. The number of para-hydroxylation sites is 1. The first kappa shape index (κ1) is 27.0. The highest BCUT2D eigenvalue weighted by Crippen LogP contribution is 2.32. The molecule has 202 valence electrons. The molecule has 9 heteroatoms. The molecule has 2 amide bonds. The Labute approximate surface area is 235 Å². The van der Waals surface area contributed by atoms with E-state index in [0.29, 0.717) is 17.7 Å². The van der Waals surface area contributed by atoms with Gasteiger partial charge in [0.2, 0.25) is 5.91 Å². The molecule has 40 heavy (non-hydrogen) atoms. The van der Waals surface area contributed by atoms with Gasteiger partial charge in [-0.15, -0.1) is 11.8 Å². The molecular weight excluding hydrogens is 524 g/mol. The van der Waals surface area contributed by atoms with Crippen LogP contribution in [0.1, 0.15) is 30.6 Å². The van der Waals surface area contributed by atoms with Crippen molar-refractivity contribution in [2.75, 3.05) is 10.6 Å². The van der Waals surface area contributed by atoms with Crippen LogP contribution in [0.25, 0.3) is 21.8 Å². The molecule has 4 aromatic carbocycles. The number of thioether (sulfide) groups is 1. The number of nitro groups is 1. The van der Waals surface area contributed by atoms with Crippen molar-refractivity contribution >= 4 is 62.4 Å². The normalized spacial score (nSPS) is 11.8. The number of non-ortho nitro benzene ring substituents is 1. The van der Waals surface area contributed by atoms with Crippen molar-refractivity contribution in [3.63, 3.8) is 0 Å². The highest BCUT2D eigenvalue weighted by atomic mass is 32.2. The molecule has 5 rings (SSSR count). The maximum absolute atomic E-state index is 13.3. The summed E-state index contributed by atoms with van der Waals surface area (Å²) in [6.45, 7) is 4.95. The maximum Gasteiger partial charge on any atom is 0.269 e. The van der Waals surface area contributed by atoms with Crippen LogP contribution in [-0.4, -0.2) is 26.6 Å². The van der Waals surface area contributed by atoms with Crippen molar-refractivity contribution in [3.8, 4) is 0 Å². The first-order valence-electron chi connectivity index (χ1n) is 13.0. The molecule has 1 aromatic heterocycles. The smallest absolute Gasteiger partial charge is 0.269 e. The lowest BCUT2D eigenvalue weighted by atomic mass is 10.1. The third-order valence-corrected chi connectivity index (χ3v) is 8.09. The summed E-state index contributed by atoms with van der Waals surface area (Å²) in [5.41, 5.74) is 3.86. The summed E-state index contributed by atoms with van der Waals surface area (Å²) in [4.78, 5) is 37.1. The van der Waals surface area contributed by atoms with Gasteiger partial charge in [-0.25, -0.2) is 0 Å². The summed E-state index contributed by atoms with van der Waals surface area (Å²) in [6, 6.07) is 27.0. The maximum atomic E-state index is 13.3. The van der Waals surface area contributed by atoms with Crippen molar-refractivity contribution in [2.24, 2.45) is 0 Å². The highest BCUT2D eigenvalue weighted by Gasteiger charge is 2.19. The zero-order valence-electron chi connectivity index (χ0n) is 22.1. The van der Waals surface area contributed by atoms with Gasteiger partial charge in [0.25, 0.3) is 11.6 Å². The zero-order valence-corrected chi connectivity index (χ0v) is 22.9. The van der Waals surface area contributed by atoms with Gasteiger partial charge in [-0.1, -0.05) is 31.2 Å². The summed E-state index contributed by atoms with van der Waals surface area (Å²) >= 11 is 1.43. The van der Waals surface area contributed by atoms with Crippen LogP contribution < -0.4 is 10.6 Å². The molecule has 0 aliphatic heterocycles. The number of carbonyl (C=O) groups is 2. The van der Waals surface area contributed by atoms with E-state index in [9.17, 15) is 19.7 Å². The van der Waals surface area contributed by atoms with E-state index < -0.39 is 4.92 Å². The Kier molecular flexibility index (Phi) is 7.84. The molecule has 0 radical (unpaired) electrons. The van der Waals surface area contributed by atoms with Crippen molar-refractivity contribution in [1.29, 1.82) is 0 Å². The van der Waals surface area contributed by atoms with Gasteiger partial charge in [0.05, 0.1) is 10.2 Å². The Morgan fingerprint density at radius 3 is 2.30 bits per heavy atom. The lowest BCUT2D eigenvalue weighted by molar-refractivity contribution is -0.384. The second kappa shape index (κ2) is 11.6. The molecule has 0 saturated heterocycles. The predicted molar refractivity (Wildman–Crippen MR) is 161 cm³/mol. The fourth-order valence-corrected chi connectivity index (χ4v) is 5.78. The minimum Gasteiger partial charge on any atom is -0.341 e. The fourth-order valence-electron chi connectivity index (χ4n) is 4.77. The Hall–Kier alpha value is -4.63. The first-order valence-corrected chi connectivity index (χ1v) is 13.9. The Morgan fingerprint density at radius 2 is 1.57 bits per heavy atom. The lowest BCUT2D eigenvalue weighted by Crippen LogP contribution is -2.24. The molecule has 5 aromatic rings.